The molecule has 0 spiro atoms. The van der Waals surface area contributed by atoms with Gasteiger partial charge in [-0.2, -0.15) is 5.10 Å². The molecule has 0 unspecified atom stereocenters. The third-order valence-corrected chi connectivity index (χ3v) is 5.22. The number of aliphatic imine (C=N–C) groups is 1. The number of aryl methyl sites for hydroxylation is 2. The molecule has 0 atom stereocenters. The quantitative estimate of drug-likeness (QED) is 0.401. The fraction of sp³-hybridized carbons (Fsp3) is 0.778. The lowest BCUT2D eigenvalue weighted by molar-refractivity contribution is 0.0982. The number of guanidine groups is 1. The minimum Gasteiger partial charge on any atom is -0.355 e. The van der Waals surface area contributed by atoms with E-state index in [-0.39, 0.29) is 29.5 Å². The lowest BCUT2D eigenvalue weighted by Crippen LogP contribution is -2.54. The fourth-order valence-electron chi connectivity index (χ4n) is 3.38. The van der Waals surface area contributed by atoms with E-state index in [1.54, 1.807) is 0 Å². The third kappa shape index (κ3) is 5.84. The highest BCUT2D eigenvalue weighted by molar-refractivity contribution is 14.0. The van der Waals surface area contributed by atoms with Crippen LogP contribution >= 0.6 is 24.0 Å². The van der Waals surface area contributed by atoms with Crippen molar-refractivity contribution in [2.24, 2.45) is 12.0 Å². The largest absolute Gasteiger partial charge is 0.355 e. The van der Waals surface area contributed by atoms with Crippen molar-refractivity contribution in [3.05, 3.63) is 17.0 Å². The van der Waals surface area contributed by atoms with Crippen molar-refractivity contribution in [1.29, 1.82) is 0 Å². The number of halogens is 1. The van der Waals surface area contributed by atoms with Gasteiger partial charge in [-0.15, -0.1) is 24.0 Å². The summed E-state index contributed by atoms with van der Waals surface area (Å²) < 4.78 is 1.93. The summed E-state index contributed by atoms with van der Waals surface area (Å²) in [6.45, 7) is 12.8. The van der Waals surface area contributed by atoms with Gasteiger partial charge in [0.2, 0.25) is 0 Å². The molecule has 1 fully saturated rings. The molecule has 6 nitrogen and oxygen atoms in total. The summed E-state index contributed by atoms with van der Waals surface area (Å²) in [4.78, 5) is 6.96. The van der Waals surface area contributed by atoms with E-state index in [4.69, 9.17) is 0 Å². The normalized spacial score (nSPS) is 16.5. The van der Waals surface area contributed by atoms with Crippen LogP contribution in [0.3, 0.4) is 0 Å². The Labute approximate surface area is 169 Å². The molecular formula is C18H35IN6. The van der Waals surface area contributed by atoms with Crippen molar-refractivity contribution < 1.29 is 0 Å². The molecule has 2 rings (SSSR count). The molecule has 1 aromatic heterocycles. The maximum Gasteiger partial charge on any atom is 0.191 e. The van der Waals surface area contributed by atoms with Crippen LogP contribution in [-0.4, -0.2) is 52.9 Å². The van der Waals surface area contributed by atoms with E-state index in [1.165, 1.54) is 43.6 Å². The summed E-state index contributed by atoms with van der Waals surface area (Å²) in [5, 5.41) is 11.4. The van der Waals surface area contributed by atoms with Crippen LogP contribution in [0.4, 0.5) is 0 Å². The molecule has 1 aliphatic heterocycles. The molecular weight excluding hydrogens is 427 g/mol. The number of piperidine rings is 1. The molecule has 1 aromatic rings. The van der Waals surface area contributed by atoms with Crippen LogP contribution in [0.1, 0.15) is 50.1 Å². The van der Waals surface area contributed by atoms with Crippen molar-refractivity contribution in [3.8, 4) is 0 Å². The average Bonchev–Trinajstić information content (AvgIpc) is 2.81. The molecule has 0 radical (unpaired) electrons. The second-order valence-corrected chi connectivity index (χ2v) is 7.41. The molecule has 0 bridgehead atoms. The molecule has 2 heterocycles. The number of rotatable bonds is 5. The standard InChI is InChI=1S/C18H34N6.HI/c1-14-16(15(2)23(6)22-14)12-20-17(19-5)21-13-18(3,4)24-10-8-7-9-11-24;/h7-13H2,1-6H3,(H2,19,20,21);1H. The summed E-state index contributed by atoms with van der Waals surface area (Å²) in [5.74, 6) is 0.850. The van der Waals surface area contributed by atoms with Crippen LogP contribution in [0, 0.1) is 13.8 Å². The van der Waals surface area contributed by atoms with Crippen LogP contribution in [0.15, 0.2) is 4.99 Å². The lowest BCUT2D eigenvalue weighted by atomic mass is 9.98. The van der Waals surface area contributed by atoms with Gasteiger partial charge in [0.05, 0.1) is 5.69 Å². The number of hydrogen-bond acceptors (Lipinski definition) is 3. The second-order valence-electron chi connectivity index (χ2n) is 7.41. The minimum absolute atomic E-state index is 0. The van der Waals surface area contributed by atoms with Gasteiger partial charge >= 0.3 is 0 Å². The van der Waals surface area contributed by atoms with E-state index in [2.05, 4.69) is 53.3 Å². The Hall–Kier alpha value is -0.830. The summed E-state index contributed by atoms with van der Waals surface area (Å²) >= 11 is 0. The van der Waals surface area contributed by atoms with Gasteiger partial charge < -0.3 is 10.6 Å². The van der Waals surface area contributed by atoms with E-state index in [1.807, 2.05) is 18.8 Å². The second kappa shape index (κ2) is 9.75. The Morgan fingerprint density at radius 1 is 1.16 bits per heavy atom. The first-order chi connectivity index (χ1) is 11.3. The third-order valence-electron chi connectivity index (χ3n) is 5.22. The monoisotopic (exact) mass is 462 g/mol. The molecule has 2 N–H and O–H groups in total. The van der Waals surface area contributed by atoms with Crippen LogP contribution in [0.5, 0.6) is 0 Å². The zero-order valence-corrected chi connectivity index (χ0v) is 19.0. The first-order valence-electron chi connectivity index (χ1n) is 9.04. The van der Waals surface area contributed by atoms with Gasteiger partial charge in [0, 0.05) is 44.0 Å². The maximum absolute atomic E-state index is 4.47. The molecule has 0 aromatic carbocycles. The molecule has 0 saturated carbocycles. The van der Waals surface area contributed by atoms with Gasteiger partial charge in [0.25, 0.3) is 0 Å². The first kappa shape index (κ1) is 22.2. The predicted octanol–water partition coefficient (Wildman–Crippen LogP) is 2.58. The van der Waals surface area contributed by atoms with Crippen LogP contribution in [0.2, 0.25) is 0 Å². The Balaban J connectivity index is 0.00000312. The van der Waals surface area contributed by atoms with Crippen molar-refractivity contribution in [2.75, 3.05) is 26.7 Å². The highest BCUT2D eigenvalue weighted by Gasteiger charge is 2.27. The van der Waals surface area contributed by atoms with Gasteiger partial charge in [0.1, 0.15) is 0 Å². The zero-order valence-electron chi connectivity index (χ0n) is 16.6. The Bertz CT molecular complexity index is 572. The predicted molar refractivity (Wildman–Crippen MR) is 116 cm³/mol. The lowest BCUT2D eigenvalue weighted by Gasteiger charge is -2.41. The maximum atomic E-state index is 4.47. The summed E-state index contributed by atoms with van der Waals surface area (Å²) in [6.07, 6.45) is 4.00. The minimum atomic E-state index is 0. The van der Waals surface area contributed by atoms with Gasteiger partial charge in [-0.3, -0.25) is 14.6 Å². The van der Waals surface area contributed by atoms with Crippen LogP contribution < -0.4 is 10.6 Å². The fourth-order valence-corrected chi connectivity index (χ4v) is 3.38. The van der Waals surface area contributed by atoms with E-state index >= 15 is 0 Å². The summed E-state index contributed by atoms with van der Waals surface area (Å²) in [7, 11) is 3.81. The molecule has 7 heteroatoms. The van der Waals surface area contributed by atoms with Crippen molar-refractivity contribution in [3.63, 3.8) is 0 Å². The highest BCUT2D eigenvalue weighted by Crippen LogP contribution is 2.19. The number of aromatic nitrogens is 2. The van der Waals surface area contributed by atoms with E-state index in [0.717, 1.165) is 24.7 Å². The molecule has 144 valence electrons. The smallest absolute Gasteiger partial charge is 0.191 e. The molecule has 25 heavy (non-hydrogen) atoms. The van der Waals surface area contributed by atoms with Gasteiger partial charge in [-0.1, -0.05) is 6.42 Å². The number of likely N-dealkylation sites (tertiary alicyclic amines) is 1. The van der Waals surface area contributed by atoms with E-state index in [0.29, 0.717) is 0 Å². The number of hydrogen-bond donors (Lipinski definition) is 2. The molecule has 0 aliphatic carbocycles. The molecule has 0 amide bonds. The number of nitrogens with one attached hydrogen (secondary N) is 2. The van der Waals surface area contributed by atoms with E-state index in [9.17, 15) is 0 Å². The van der Waals surface area contributed by atoms with Gasteiger partial charge in [-0.25, -0.2) is 0 Å². The molecule has 1 aliphatic rings. The zero-order chi connectivity index (χ0) is 17.7. The SMILES string of the molecule is CN=C(NCc1c(C)nn(C)c1C)NCC(C)(C)N1CCCCC1.I. The van der Waals surface area contributed by atoms with E-state index < -0.39 is 0 Å². The Morgan fingerprint density at radius 2 is 1.80 bits per heavy atom. The average molecular weight is 462 g/mol. The first-order valence-corrected chi connectivity index (χ1v) is 9.04. The summed E-state index contributed by atoms with van der Waals surface area (Å²) in [5.41, 5.74) is 3.66. The van der Waals surface area contributed by atoms with Crippen LogP contribution in [0.25, 0.3) is 0 Å². The van der Waals surface area contributed by atoms with Gasteiger partial charge in [0.15, 0.2) is 5.96 Å². The summed E-state index contributed by atoms with van der Waals surface area (Å²) in [6, 6.07) is 0. The van der Waals surface area contributed by atoms with Crippen LogP contribution in [-0.2, 0) is 13.6 Å². The van der Waals surface area contributed by atoms with Crippen molar-refractivity contribution in [2.45, 2.75) is 59.0 Å². The topological polar surface area (TPSA) is 57.5 Å². The van der Waals surface area contributed by atoms with Crippen molar-refractivity contribution >= 4 is 29.9 Å². The highest BCUT2D eigenvalue weighted by atomic mass is 127. The van der Waals surface area contributed by atoms with Gasteiger partial charge in [-0.05, 0) is 53.6 Å². The van der Waals surface area contributed by atoms with Crippen molar-refractivity contribution in [1.82, 2.24) is 25.3 Å². The Morgan fingerprint density at radius 3 is 2.32 bits per heavy atom. The molecule has 1 saturated heterocycles. The Kier molecular flexibility index (Phi) is 8.67. The number of nitrogens with zero attached hydrogens (tertiary/aromatic N) is 4.